The first-order valence-corrected chi connectivity index (χ1v) is 10.4. The van der Waals surface area contributed by atoms with Crippen molar-refractivity contribution in [2.24, 2.45) is 5.92 Å². The molecule has 0 saturated heterocycles. The first-order chi connectivity index (χ1) is 14.6. The smallest absolute Gasteiger partial charge is 0.328 e. The van der Waals surface area contributed by atoms with Crippen LogP contribution in [0, 0.1) is 19.8 Å². The summed E-state index contributed by atoms with van der Waals surface area (Å²) in [4.78, 5) is 29.0. The van der Waals surface area contributed by atoms with Crippen LogP contribution >= 0.6 is 0 Å². The van der Waals surface area contributed by atoms with E-state index < -0.39 is 24.0 Å². The topological polar surface area (TPSA) is 97.8 Å². The van der Waals surface area contributed by atoms with Crippen molar-refractivity contribution in [2.45, 2.75) is 59.6 Å². The van der Waals surface area contributed by atoms with Crippen molar-refractivity contribution >= 4 is 11.9 Å². The summed E-state index contributed by atoms with van der Waals surface area (Å²) < 4.78 is 10.7. The van der Waals surface area contributed by atoms with Crippen molar-refractivity contribution in [1.29, 1.82) is 0 Å². The molecule has 2 aromatic rings. The number of benzene rings is 1. The summed E-state index contributed by atoms with van der Waals surface area (Å²) in [5.41, 5.74) is 3.26. The molecule has 0 spiro atoms. The van der Waals surface area contributed by atoms with Crippen LogP contribution in [0.2, 0.25) is 0 Å². The Morgan fingerprint density at radius 1 is 1.10 bits per heavy atom. The van der Waals surface area contributed by atoms with Crippen LogP contribution in [-0.2, 0) is 9.53 Å². The molecule has 0 aliphatic carbocycles. The van der Waals surface area contributed by atoms with Crippen LogP contribution in [-0.4, -0.2) is 41.2 Å². The Kier molecular flexibility index (Phi) is 8.02. The Morgan fingerprint density at radius 3 is 2.35 bits per heavy atom. The van der Waals surface area contributed by atoms with Gasteiger partial charge < -0.3 is 19.9 Å². The number of ether oxygens (including phenoxy) is 2. The fourth-order valence-electron chi connectivity index (χ4n) is 3.80. The van der Waals surface area contributed by atoms with E-state index in [9.17, 15) is 14.7 Å². The molecule has 7 nitrogen and oxygen atoms in total. The number of amides is 1. The van der Waals surface area contributed by atoms with Gasteiger partial charge in [-0.25, -0.2) is 9.78 Å². The molecule has 168 valence electrons. The molecule has 0 aliphatic rings. The summed E-state index contributed by atoms with van der Waals surface area (Å²) >= 11 is 0. The fraction of sp³-hybridized carbons (Fsp3) is 0.458. The van der Waals surface area contributed by atoms with Gasteiger partial charge in [-0.2, -0.15) is 0 Å². The average molecular weight is 429 g/mol. The monoisotopic (exact) mass is 428 g/mol. The molecule has 1 amide bonds. The number of carbonyl (C=O) groups excluding carboxylic acids is 2. The van der Waals surface area contributed by atoms with Gasteiger partial charge in [0.05, 0.1) is 7.11 Å². The number of hydrogen-bond donors (Lipinski definition) is 2. The van der Waals surface area contributed by atoms with E-state index in [0.717, 1.165) is 11.1 Å². The Balaban J connectivity index is 2.11. The van der Waals surface area contributed by atoms with E-state index in [-0.39, 0.29) is 29.0 Å². The fourth-order valence-corrected chi connectivity index (χ4v) is 3.80. The molecule has 3 atom stereocenters. The van der Waals surface area contributed by atoms with Crippen LogP contribution in [0.4, 0.5) is 0 Å². The van der Waals surface area contributed by atoms with Crippen molar-refractivity contribution in [1.82, 2.24) is 10.3 Å². The van der Waals surface area contributed by atoms with Gasteiger partial charge in [0, 0.05) is 18.2 Å². The minimum atomic E-state index is -0.922. The quantitative estimate of drug-likeness (QED) is 0.619. The number of aryl methyl sites for hydroxylation is 2. The van der Waals surface area contributed by atoms with Crippen molar-refractivity contribution in [3.63, 3.8) is 0 Å². The average Bonchev–Trinajstić information content (AvgIpc) is 2.69. The molecule has 0 saturated carbocycles. The minimum absolute atomic E-state index is 0.0107. The zero-order valence-corrected chi connectivity index (χ0v) is 19.2. The van der Waals surface area contributed by atoms with Gasteiger partial charge in [-0.15, -0.1) is 0 Å². The van der Waals surface area contributed by atoms with E-state index in [1.165, 1.54) is 31.9 Å². The number of nitrogens with zero attached hydrogens (tertiary/aromatic N) is 1. The summed E-state index contributed by atoms with van der Waals surface area (Å²) in [5, 5.41) is 12.6. The first-order valence-electron chi connectivity index (χ1n) is 10.4. The van der Waals surface area contributed by atoms with E-state index in [4.69, 9.17) is 9.47 Å². The second-order valence-electron chi connectivity index (χ2n) is 8.18. The molecule has 2 N–H and O–H groups in total. The lowest BCUT2D eigenvalue weighted by atomic mass is 9.82. The number of pyridine rings is 1. The predicted molar refractivity (Wildman–Crippen MR) is 118 cm³/mol. The van der Waals surface area contributed by atoms with Crippen molar-refractivity contribution in [3.8, 4) is 11.5 Å². The maximum absolute atomic E-state index is 12.7. The van der Waals surface area contributed by atoms with Crippen molar-refractivity contribution < 1.29 is 24.2 Å². The maximum Gasteiger partial charge on any atom is 0.328 e. The number of hydrogen-bond acceptors (Lipinski definition) is 6. The Morgan fingerprint density at radius 2 is 1.77 bits per heavy atom. The molecule has 0 aliphatic heterocycles. The number of methoxy groups -OCH3 is 1. The molecule has 0 fully saturated rings. The van der Waals surface area contributed by atoms with E-state index in [2.05, 4.69) is 49.3 Å². The highest BCUT2D eigenvalue weighted by molar-refractivity contribution is 5.97. The second-order valence-corrected chi connectivity index (χ2v) is 8.18. The largest absolute Gasteiger partial charge is 0.503 e. The number of carbonyl (C=O) groups is 2. The summed E-state index contributed by atoms with van der Waals surface area (Å²) in [7, 11) is 1.37. The van der Waals surface area contributed by atoms with Crippen LogP contribution in [0.5, 0.6) is 11.5 Å². The molecule has 1 heterocycles. The summed E-state index contributed by atoms with van der Waals surface area (Å²) in [6, 6.07) is 6.78. The number of rotatable bonds is 8. The van der Waals surface area contributed by atoms with Crippen molar-refractivity contribution in [2.75, 3.05) is 7.11 Å². The third-order valence-electron chi connectivity index (χ3n) is 5.33. The van der Waals surface area contributed by atoms with E-state index >= 15 is 0 Å². The van der Waals surface area contributed by atoms with Crippen LogP contribution in [0.3, 0.4) is 0 Å². The molecule has 1 aromatic carbocycles. The van der Waals surface area contributed by atoms with Gasteiger partial charge in [0.25, 0.3) is 5.91 Å². The molecular weight excluding hydrogens is 396 g/mol. The Hall–Kier alpha value is -3.09. The molecule has 0 bridgehead atoms. The number of nitrogens with one attached hydrogen (secondary N) is 1. The summed E-state index contributed by atoms with van der Waals surface area (Å²) in [6.07, 6.45) is 0.951. The van der Waals surface area contributed by atoms with Gasteiger partial charge >= 0.3 is 5.97 Å². The molecule has 2 rings (SSSR count). The highest BCUT2D eigenvalue weighted by Crippen LogP contribution is 2.32. The van der Waals surface area contributed by atoms with Crippen LogP contribution in [0.1, 0.15) is 60.8 Å². The summed E-state index contributed by atoms with van der Waals surface area (Å²) in [5.74, 6) is -1.26. The Labute approximate surface area is 183 Å². The normalized spacial score (nSPS) is 13.9. The number of esters is 1. The zero-order chi connectivity index (χ0) is 23.3. The van der Waals surface area contributed by atoms with Gasteiger partial charge in [-0.3, -0.25) is 4.79 Å². The lowest BCUT2D eigenvalue weighted by molar-refractivity contribution is -0.151. The van der Waals surface area contributed by atoms with Crippen LogP contribution in [0.15, 0.2) is 30.5 Å². The van der Waals surface area contributed by atoms with Gasteiger partial charge in [0.15, 0.2) is 17.2 Å². The molecule has 1 aromatic heterocycles. The van der Waals surface area contributed by atoms with E-state index in [1.807, 2.05) is 13.8 Å². The van der Waals surface area contributed by atoms with Crippen LogP contribution in [0.25, 0.3) is 0 Å². The Bertz CT molecular complexity index is 942. The molecule has 7 heteroatoms. The minimum Gasteiger partial charge on any atom is -0.503 e. The van der Waals surface area contributed by atoms with E-state index in [0.29, 0.717) is 0 Å². The van der Waals surface area contributed by atoms with Gasteiger partial charge in [-0.05, 0) is 44.7 Å². The zero-order valence-electron chi connectivity index (χ0n) is 19.2. The maximum atomic E-state index is 12.7. The lowest BCUT2D eigenvalue weighted by Gasteiger charge is -2.30. The third kappa shape index (κ3) is 5.75. The second kappa shape index (κ2) is 10.3. The van der Waals surface area contributed by atoms with Gasteiger partial charge in [0.2, 0.25) is 0 Å². The number of aromatic nitrogens is 1. The van der Waals surface area contributed by atoms with Gasteiger partial charge in [0.1, 0.15) is 12.1 Å². The first kappa shape index (κ1) is 24.2. The number of aromatic hydroxyl groups is 1. The molecule has 31 heavy (non-hydrogen) atoms. The highest BCUT2D eigenvalue weighted by Gasteiger charge is 2.29. The SMILES string of the molecule is COc1ccnc(C(=O)N[C@@H](C)C(=O)O[C@@H](C)[C@@H](c2ccc(C)cc2C)C(C)C)c1O. The van der Waals surface area contributed by atoms with Crippen molar-refractivity contribution in [3.05, 3.63) is 52.8 Å². The third-order valence-corrected chi connectivity index (χ3v) is 5.33. The molecule has 0 radical (unpaired) electrons. The molecule has 0 unspecified atom stereocenters. The van der Waals surface area contributed by atoms with Crippen LogP contribution < -0.4 is 10.1 Å². The van der Waals surface area contributed by atoms with Gasteiger partial charge in [-0.1, -0.05) is 37.6 Å². The standard InChI is InChI=1S/C24H32N2O5/c1-13(2)20(18-9-8-14(3)12-15(18)4)17(6)31-24(29)16(5)26-23(28)21-22(27)19(30-7)10-11-25-21/h8-13,16-17,20,27H,1-7H3,(H,26,28)/t16-,17-,20-/m0/s1. The molecular formula is C24H32N2O5. The van der Waals surface area contributed by atoms with E-state index in [1.54, 1.807) is 0 Å². The lowest BCUT2D eigenvalue weighted by Crippen LogP contribution is -2.42. The summed E-state index contributed by atoms with van der Waals surface area (Å²) in [6.45, 7) is 11.7. The highest BCUT2D eigenvalue weighted by atomic mass is 16.5. The predicted octanol–water partition coefficient (Wildman–Crippen LogP) is 3.90.